The Hall–Kier alpha value is -3.22. The van der Waals surface area contributed by atoms with Crippen molar-refractivity contribution in [2.45, 2.75) is 43.5 Å². The van der Waals surface area contributed by atoms with Gasteiger partial charge in [-0.1, -0.05) is 6.08 Å². The normalized spacial score (nSPS) is 18.0. The van der Waals surface area contributed by atoms with Crippen molar-refractivity contribution >= 4 is 34.2 Å². The van der Waals surface area contributed by atoms with Crippen LogP contribution in [-0.2, 0) is 22.0 Å². The van der Waals surface area contributed by atoms with Crippen molar-refractivity contribution in [1.82, 2.24) is 19.9 Å². The van der Waals surface area contributed by atoms with Crippen LogP contribution in [0.4, 0.5) is 25.3 Å². The smallest absolute Gasteiger partial charge is 0.404 e. The number of amides is 1. The first-order valence-corrected chi connectivity index (χ1v) is 12.0. The molecule has 2 aromatic rings. The van der Waals surface area contributed by atoms with Crippen LogP contribution in [0.15, 0.2) is 23.4 Å². The van der Waals surface area contributed by atoms with E-state index >= 15 is 0 Å². The molecule has 1 amide bonds. The molecule has 0 radical (unpaired) electrons. The van der Waals surface area contributed by atoms with E-state index in [1.54, 1.807) is 0 Å². The third-order valence-electron chi connectivity index (χ3n) is 5.41. The topological polar surface area (TPSA) is 136 Å². The zero-order valence-electron chi connectivity index (χ0n) is 18.8. The summed E-state index contributed by atoms with van der Waals surface area (Å²) >= 11 is 0. The number of carbonyl (C=O) groups excluding carboxylic acids is 1. The van der Waals surface area contributed by atoms with Crippen molar-refractivity contribution in [3.05, 3.63) is 35.6 Å². The molecule has 10 nitrogen and oxygen atoms in total. The average molecular weight is 494 g/mol. The van der Waals surface area contributed by atoms with Gasteiger partial charge in [0.25, 0.3) is 6.43 Å². The van der Waals surface area contributed by atoms with Gasteiger partial charge in [-0.15, -0.1) is 0 Å². The predicted octanol–water partition coefficient (Wildman–Crippen LogP) is 2.45. The van der Waals surface area contributed by atoms with Gasteiger partial charge in [-0.05, 0) is 25.8 Å². The summed E-state index contributed by atoms with van der Waals surface area (Å²) in [6.07, 6.45) is 1.89. The molecular weight excluding hydrogens is 468 g/mol. The average Bonchev–Trinajstić information content (AvgIpc) is 3.19. The highest BCUT2D eigenvalue weighted by atomic mass is 32.2. The van der Waals surface area contributed by atoms with Crippen LogP contribution in [0, 0.1) is 0 Å². The molecule has 34 heavy (non-hydrogen) atoms. The number of anilines is 2. The summed E-state index contributed by atoms with van der Waals surface area (Å²) < 4.78 is 43.0. The van der Waals surface area contributed by atoms with Crippen LogP contribution in [0.3, 0.4) is 0 Å². The van der Waals surface area contributed by atoms with E-state index in [0.717, 1.165) is 23.7 Å². The fraction of sp³-hybridized carbons (Fsp3) is 0.476. The van der Waals surface area contributed by atoms with Crippen LogP contribution in [0.2, 0.25) is 0 Å². The fourth-order valence-electron chi connectivity index (χ4n) is 3.69. The maximum atomic E-state index is 12.7. The van der Waals surface area contributed by atoms with Crippen molar-refractivity contribution in [2.24, 2.45) is 5.73 Å². The quantitative estimate of drug-likeness (QED) is 0.596. The first-order valence-electron chi connectivity index (χ1n) is 10.7. The second kappa shape index (κ2) is 9.57. The van der Waals surface area contributed by atoms with E-state index in [9.17, 15) is 17.8 Å². The van der Waals surface area contributed by atoms with Crippen LogP contribution in [-0.4, -0.2) is 61.2 Å². The van der Waals surface area contributed by atoms with Crippen LogP contribution < -0.4 is 16.0 Å². The van der Waals surface area contributed by atoms with Gasteiger partial charge < -0.3 is 20.7 Å². The number of hydrogen-bond acceptors (Lipinski definition) is 9. The first-order chi connectivity index (χ1) is 16.1. The standard InChI is InChI=1S/C21H25F2N7O3S/c1-21(2,11-33-19(24)31)29-18-15-14(5-8-34(15)32)27-20(28-18)30-6-3-12(4-7-30)17-25-9-13(10-26-17)16(22)23/h3,9-10,16H,4-8,11H2,1-2H3,(H2,24,31)(H,27,28,29). The minimum absolute atomic E-state index is 0.00321. The number of aromatic nitrogens is 4. The number of rotatable bonds is 7. The second-order valence-electron chi connectivity index (χ2n) is 8.63. The highest BCUT2D eigenvalue weighted by molar-refractivity contribution is 7.85. The molecule has 4 rings (SSSR count). The molecule has 0 fully saturated rings. The molecule has 0 bridgehead atoms. The third kappa shape index (κ3) is 5.29. The van der Waals surface area contributed by atoms with E-state index in [0.29, 0.717) is 54.2 Å². The molecule has 0 aromatic carbocycles. The third-order valence-corrected chi connectivity index (χ3v) is 6.87. The number of carbonyl (C=O) groups is 1. The molecule has 182 valence electrons. The van der Waals surface area contributed by atoms with E-state index in [1.807, 2.05) is 24.8 Å². The second-order valence-corrected chi connectivity index (χ2v) is 10.1. The molecule has 2 aromatic heterocycles. The molecule has 1 atom stereocenters. The maximum absolute atomic E-state index is 12.7. The number of halogens is 2. The highest BCUT2D eigenvalue weighted by Crippen LogP contribution is 2.32. The van der Waals surface area contributed by atoms with Crippen LogP contribution in [0.5, 0.6) is 0 Å². The molecule has 0 saturated heterocycles. The Bertz CT molecular complexity index is 1140. The summed E-state index contributed by atoms with van der Waals surface area (Å²) in [4.78, 5) is 31.0. The number of aryl methyl sites for hydroxylation is 1. The monoisotopic (exact) mass is 493 g/mol. The largest absolute Gasteiger partial charge is 0.447 e. The zero-order valence-corrected chi connectivity index (χ0v) is 19.6. The number of primary amides is 1. The number of alkyl halides is 2. The van der Waals surface area contributed by atoms with Gasteiger partial charge in [0, 0.05) is 37.7 Å². The first kappa shape index (κ1) is 23.9. The van der Waals surface area contributed by atoms with Crippen LogP contribution in [0.25, 0.3) is 5.57 Å². The van der Waals surface area contributed by atoms with Gasteiger partial charge in [-0.3, -0.25) is 4.21 Å². The van der Waals surface area contributed by atoms with Gasteiger partial charge in [0.2, 0.25) is 5.95 Å². The summed E-state index contributed by atoms with van der Waals surface area (Å²) in [5.74, 6) is 1.81. The number of nitrogens with zero attached hydrogens (tertiary/aromatic N) is 5. The lowest BCUT2D eigenvalue weighted by atomic mass is 10.1. The Morgan fingerprint density at radius 3 is 2.65 bits per heavy atom. The van der Waals surface area contributed by atoms with Gasteiger partial charge in [0.15, 0.2) is 5.82 Å². The van der Waals surface area contributed by atoms with Crippen molar-refractivity contribution in [3.8, 4) is 0 Å². The van der Waals surface area contributed by atoms with Crippen molar-refractivity contribution in [3.63, 3.8) is 0 Å². The fourth-order valence-corrected chi connectivity index (χ4v) is 4.99. The molecule has 2 aliphatic heterocycles. The van der Waals surface area contributed by atoms with E-state index < -0.39 is 28.9 Å². The predicted molar refractivity (Wildman–Crippen MR) is 122 cm³/mol. The molecule has 2 aliphatic rings. The van der Waals surface area contributed by atoms with E-state index in [4.69, 9.17) is 10.5 Å². The zero-order chi connectivity index (χ0) is 24.5. The van der Waals surface area contributed by atoms with E-state index in [2.05, 4.69) is 25.3 Å². The van der Waals surface area contributed by atoms with Crippen molar-refractivity contribution in [2.75, 3.05) is 35.7 Å². The lowest BCUT2D eigenvalue weighted by Crippen LogP contribution is -2.39. The van der Waals surface area contributed by atoms with Crippen LogP contribution in [0.1, 0.15) is 43.8 Å². The minimum Gasteiger partial charge on any atom is -0.447 e. The van der Waals surface area contributed by atoms with Gasteiger partial charge in [0.05, 0.1) is 27.6 Å². The molecule has 0 spiro atoms. The number of nitrogens with one attached hydrogen (secondary N) is 1. The van der Waals surface area contributed by atoms with Gasteiger partial charge in [0.1, 0.15) is 17.3 Å². The molecule has 0 aliphatic carbocycles. The number of nitrogens with two attached hydrogens (primary N) is 1. The number of hydrogen-bond donors (Lipinski definition) is 2. The highest BCUT2D eigenvalue weighted by Gasteiger charge is 2.31. The molecule has 0 saturated carbocycles. The Kier molecular flexibility index (Phi) is 6.73. The van der Waals surface area contributed by atoms with Crippen molar-refractivity contribution in [1.29, 1.82) is 0 Å². The van der Waals surface area contributed by atoms with E-state index in [-0.39, 0.29) is 12.2 Å². The van der Waals surface area contributed by atoms with Crippen LogP contribution >= 0.6 is 0 Å². The Balaban J connectivity index is 1.55. The SMILES string of the molecule is CC(C)(COC(N)=O)Nc1nc(N2CC=C(c3ncc(C(F)F)cn3)CC2)nc2c1S(=O)CC2. The lowest BCUT2D eigenvalue weighted by Gasteiger charge is -2.29. The Morgan fingerprint density at radius 1 is 1.29 bits per heavy atom. The number of ether oxygens (including phenoxy) is 1. The molecule has 3 N–H and O–H groups in total. The Morgan fingerprint density at radius 2 is 2.03 bits per heavy atom. The summed E-state index contributed by atoms with van der Waals surface area (Å²) in [5, 5.41) is 3.23. The Labute approximate surface area is 197 Å². The molecular formula is C21H25F2N7O3S. The lowest BCUT2D eigenvalue weighted by molar-refractivity contribution is 0.138. The van der Waals surface area contributed by atoms with E-state index in [1.165, 1.54) is 0 Å². The summed E-state index contributed by atoms with van der Waals surface area (Å²) in [6.45, 7) is 4.68. The molecule has 1 unspecified atom stereocenters. The minimum atomic E-state index is -2.61. The van der Waals surface area contributed by atoms with Gasteiger partial charge >= 0.3 is 6.09 Å². The van der Waals surface area contributed by atoms with Gasteiger partial charge in [-0.25, -0.2) is 28.5 Å². The molecule has 4 heterocycles. The molecule has 13 heteroatoms. The van der Waals surface area contributed by atoms with Crippen molar-refractivity contribution < 1.29 is 22.5 Å². The summed E-state index contributed by atoms with van der Waals surface area (Å²) in [7, 11) is -1.23. The maximum Gasteiger partial charge on any atom is 0.404 e. The summed E-state index contributed by atoms with van der Waals surface area (Å²) in [6, 6.07) is 0. The van der Waals surface area contributed by atoms with Gasteiger partial charge in [-0.2, -0.15) is 4.98 Å². The summed E-state index contributed by atoms with van der Waals surface area (Å²) in [5.41, 5.74) is 5.74. The number of fused-ring (bicyclic) bond motifs is 1.